The van der Waals surface area contributed by atoms with E-state index in [1.54, 1.807) is 23.0 Å². The summed E-state index contributed by atoms with van der Waals surface area (Å²) in [6, 6.07) is 11.2. The fraction of sp³-hybridized carbons (Fsp3) is 0.188. The topological polar surface area (TPSA) is 40.5 Å². The van der Waals surface area contributed by atoms with Crippen LogP contribution in [0.15, 0.2) is 52.8 Å². The fourth-order valence-electron chi connectivity index (χ4n) is 2.12. The molecule has 0 atom stereocenters. The van der Waals surface area contributed by atoms with Crippen molar-refractivity contribution in [1.29, 1.82) is 0 Å². The summed E-state index contributed by atoms with van der Waals surface area (Å²) < 4.78 is 13.4. The monoisotopic (exact) mass is 301 g/mol. The molecule has 0 bridgehead atoms. The molecule has 0 N–H and O–H groups in total. The maximum absolute atomic E-state index is 12.2. The molecule has 0 spiro atoms. The molecular weight excluding hydrogens is 286 g/mol. The highest BCUT2D eigenvalue weighted by Crippen LogP contribution is 2.18. The van der Waals surface area contributed by atoms with Crippen molar-refractivity contribution in [3.63, 3.8) is 0 Å². The number of pyridine rings is 1. The molecule has 108 valence electrons. The molecule has 3 aromatic rings. The summed E-state index contributed by atoms with van der Waals surface area (Å²) in [6.45, 7) is 0.971. The van der Waals surface area contributed by atoms with Crippen molar-refractivity contribution in [2.24, 2.45) is 0 Å². The van der Waals surface area contributed by atoms with Gasteiger partial charge in [0.15, 0.2) is 0 Å². The molecule has 0 radical (unpaired) electrons. The van der Waals surface area contributed by atoms with Crippen LogP contribution in [0.5, 0.6) is 11.5 Å². The molecule has 0 saturated heterocycles. The van der Waals surface area contributed by atoms with Gasteiger partial charge in [-0.2, -0.15) is 0 Å². The van der Waals surface area contributed by atoms with Gasteiger partial charge < -0.3 is 14.0 Å². The van der Waals surface area contributed by atoms with E-state index in [4.69, 9.17) is 9.47 Å². The first-order valence-corrected chi connectivity index (χ1v) is 7.49. The smallest absolute Gasteiger partial charge is 0.259 e. The Balaban J connectivity index is 1.66. The van der Waals surface area contributed by atoms with Crippen LogP contribution in [0.2, 0.25) is 0 Å². The Kier molecular flexibility index (Phi) is 3.92. The van der Waals surface area contributed by atoms with Crippen LogP contribution >= 0.6 is 11.3 Å². The van der Waals surface area contributed by atoms with Gasteiger partial charge in [-0.3, -0.25) is 4.79 Å². The van der Waals surface area contributed by atoms with E-state index in [1.807, 2.05) is 48.0 Å². The molecule has 2 aromatic heterocycles. The molecular formula is C16H15NO3S. The number of ether oxygens (including phenoxy) is 2. The van der Waals surface area contributed by atoms with Gasteiger partial charge in [-0.1, -0.05) is 0 Å². The van der Waals surface area contributed by atoms with E-state index in [0.29, 0.717) is 13.2 Å². The molecule has 4 nitrogen and oxygen atoms in total. The zero-order valence-electron chi connectivity index (χ0n) is 11.6. The van der Waals surface area contributed by atoms with Gasteiger partial charge in [-0.15, -0.1) is 11.3 Å². The molecule has 0 unspecified atom stereocenters. The van der Waals surface area contributed by atoms with Gasteiger partial charge in [0.1, 0.15) is 18.1 Å². The lowest BCUT2D eigenvalue weighted by Gasteiger charge is -2.09. The van der Waals surface area contributed by atoms with Crippen LogP contribution in [-0.4, -0.2) is 18.3 Å². The predicted octanol–water partition coefficient (Wildman–Crippen LogP) is 3.15. The Labute approximate surface area is 126 Å². The minimum absolute atomic E-state index is 0.0343. The van der Waals surface area contributed by atoms with Crippen LogP contribution < -0.4 is 15.0 Å². The Morgan fingerprint density at radius 3 is 2.62 bits per heavy atom. The predicted molar refractivity (Wildman–Crippen MR) is 84.6 cm³/mol. The summed E-state index contributed by atoms with van der Waals surface area (Å²) in [6.07, 6.45) is 1.82. The van der Waals surface area contributed by atoms with E-state index >= 15 is 0 Å². The summed E-state index contributed by atoms with van der Waals surface area (Å²) in [5.74, 6) is 1.56. The Morgan fingerprint density at radius 2 is 1.86 bits per heavy atom. The van der Waals surface area contributed by atoms with E-state index in [2.05, 4.69) is 0 Å². The largest absolute Gasteiger partial charge is 0.497 e. The maximum atomic E-state index is 12.2. The first kappa shape index (κ1) is 13.7. The number of benzene rings is 1. The SMILES string of the molecule is COc1ccc(OCCn2ccc3sccc3c2=O)cc1. The number of thiophene rings is 1. The van der Waals surface area contributed by atoms with E-state index in [0.717, 1.165) is 21.6 Å². The molecule has 0 saturated carbocycles. The maximum Gasteiger partial charge on any atom is 0.259 e. The van der Waals surface area contributed by atoms with Crippen molar-refractivity contribution < 1.29 is 9.47 Å². The Hall–Kier alpha value is -2.27. The van der Waals surface area contributed by atoms with Gasteiger partial charge >= 0.3 is 0 Å². The first-order valence-electron chi connectivity index (χ1n) is 6.61. The number of methoxy groups -OCH3 is 1. The molecule has 0 fully saturated rings. The number of nitrogens with zero attached hydrogens (tertiary/aromatic N) is 1. The van der Waals surface area contributed by atoms with Crippen LogP contribution in [0.4, 0.5) is 0 Å². The van der Waals surface area contributed by atoms with Gasteiger partial charge in [-0.25, -0.2) is 0 Å². The summed E-state index contributed by atoms with van der Waals surface area (Å²) in [5, 5.41) is 2.71. The average Bonchev–Trinajstić information content (AvgIpc) is 3.00. The van der Waals surface area contributed by atoms with Crippen LogP contribution in [0, 0.1) is 0 Å². The number of rotatable bonds is 5. The second kappa shape index (κ2) is 6.01. The third-order valence-corrected chi connectivity index (χ3v) is 4.13. The molecule has 0 amide bonds. The van der Waals surface area contributed by atoms with Gasteiger partial charge in [0.25, 0.3) is 5.56 Å². The molecule has 2 heterocycles. The summed E-state index contributed by atoms with van der Waals surface area (Å²) in [4.78, 5) is 12.2. The Bertz CT molecular complexity index is 789. The van der Waals surface area contributed by atoms with Crippen LogP contribution in [0.3, 0.4) is 0 Å². The highest BCUT2D eigenvalue weighted by molar-refractivity contribution is 7.17. The van der Waals surface area contributed by atoms with Crippen LogP contribution in [0.25, 0.3) is 10.1 Å². The molecule has 3 rings (SSSR count). The van der Waals surface area contributed by atoms with Crippen molar-refractivity contribution in [1.82, 2.24) is 4.57 Å². The Morgan fingerprint density at radius 1 is 1.10 bits per heavy atom. The van der Waals surface area contributed by atoms with E-state index in [9.17, 15) is 4.79 Å². The quantitative estimate of drug-likeness (QED) is 0.727. The molecule has 21 heavy (non-hydrogen) atoms. The lowest BCUT2D eigenvalue weighted by Crippen LogP contribution is -2.22. The number of fused-ring (bicyclic) bond motifs is 1. The number of hydrogen-bond acceptors (Lipinski definition) is 4. The van der Waals surface area contributed by atoms with Gasteiger partial charge in [0.2, 0.25) is 0 Å². The molecule has 5 heteroatoms. The van der Waals surface area contributed by atoms with E-state index in [-0.39, 0.29) is 5.56 Å². The minimum Gasteiger partial charge on any atom is -0.497 e. The third kappa shape index (κ3) is 2.92. The molecule has 0 aliphatic rings. The zero-order valence-corrected chi connectivity index (χ0v) is 12.4. The van der Waals surface area contributed by atoms with E-state index < -0.39 is 0 Å². The summed E-state index contributed by atoms with van der Waals surface area (Å²) in [5.41, 5.74) is 0.0343. The summed E-state index contributed by atoms with van der Waals surface area (Å²) >= 11 is 1.58. The molecule has 0 aliphatic carbocycles. The first-order chi connectivity index (χ1) is 10.3. The molecule has 1 aromatic carbocycles. The zero-order chi connectivity index (χ0) is 14.7. The van der Waals surface area contributed by atoms with E-state index in [1.165, 1.54) is 0 Å². The van der Waals surface area contributed by atoms with Crippen molar-refractivity contribution in [2.75, 3.05) is 13.7 Å². The standard InChI is InChI=1S/C16H15NO3S/c1-19-12-2-4-13(5-3-12)20-10-9-17-8-6-15-14(16(17)18)7-11-21-15/h2-8,11H,9-10H2,1H3. The van der Waals surface area contributed by atoms with Crippen molar-refractivity contribution in [3.05, 3.63) is 58.3 Å². The lowest BCUT2D eigenvalue weighted by atomic mass is 10.3. The lowest BCUT2D eigenvalue weighted by molar-refractivity contribution is 0.296. The molecule has 0 aliphatic heterocycles. The van der Waals surface area contributed by atoms with Gasteiger partial charge in [-0.05, 0) is 41.8 Å². The second-order valence-corrected chi connectivity index (χ2v) is 5.48. The normalized spacial score (nSPS) is 10.7. The van der Waals surface area contributed by atoms with Crippen molar-refractivity contribution in [2.45, 2.75) is 6.54 Å². The van der Waals surface area contributed by atoms with Gasteiger partial charge in [0, 0.05) is 10.9 Å². The van der Waals surface area contributed by atoms with Gasteiger partial charge in [0.05, 0.1) is 19.0 Å². The van der Waals surface area contributed by atoms with Crippen molar-refractivity contribution >= 4 is 21.4 Å². The minimum atomic E-state index is 0.0343. The third-order valence-electron chi connectivity index (χ3n) is 3.25. The fourth-order valence-corrected chi connectivity index (χ4v) is 2.89. The number of hydrogen-bond donors (Lipinski definition) is 0. The highest BCUT2D eigenvalue weighted by atomic mass is 32.1. The number of aromatic nitrogens is 1. The summed E-state index contributed by atoms with van der Waals surface area (Å²) in [7, 11) is 1.63. The highest BCUT2D eigenvalue weighted by Gasteiger charge is 2.03. The second-order valence-electron chi connectivity index (χ2n) is 4.54. The van der Waals surface area contributed by atoms with Crippen LogP contribution in [0.1, 0.15) is 0 Å². The average molecular weight is 301 g/mol. The van der Waals surface area contributed by atoms with Crippen molar-refractivity contribution in [3.8, 4) is 11.5 Å². The van der Waals surface area contributed by atoms with Crippen LogP contribution in [-0.2, 0) is 6.54 Å².